The predicted octanol–water partition coefficient (Wildman–Crippen LogP) is 2.59. The maximum Gasteiger partial charge on any atom is 0.323 e. The van der Waals surface area contributed by atoms with Gasteiger partial charge in [0.05, 0.1) is 5.54 Å². The molecule has 0 aromatic carbocycles. The van der Waals surface area contributed by atoms with Crippen molar-refractivity contribution in [1.29, 1.82) is 5.41 Å². The van der Waals surface area contributed by atoms with Gasteiger partial charge in [0.2, 0.25) is 0 Å². The molecule has 0 aliphatic carbocycles. The third-order valence-corrected chi connectivity index (χ3v) is 3.25. The average Bonchev–Trinajstić information content (AvgIpc) is 2.35. The van der Waals surface area contributed by atoms with E-state index in [9.17, 15) is 4.79 Å². The zero-order valence-electron chi connectivity index (χ0n) is 10.9. The summed E-state index contributed by atoms with van der Waals surface area (Å²) >= 11 is 0. The summed E-state index contributed by atoms with van der Waals surface area (Å²) in [6.07, 6.45) is 1.87. The van der Waals surface area contributed by atoms with Gasteiger partial charge in [0.15, 0.2) is 0 Å². The largest absolute Gasteiger partial charge is 0.323 e. The molecule has 1 aliphatic rings. The average molecular weight is 225 g/mol. The van der Waals surface area contributed by atoms with Gasteiger partial charge in [-0.2, -0.15) is 0 Å². The Hall–Kier alpha value is -1.06. The van der Waals surface area contributed by atoms with Crippen LogP contribution in [0.2, 0.25) is 0 Å². The first kappa shape index (κ1) is 13.0. The van der Waals surface area contributed by atoms with Crippen LogP contribution >= 0.6 is 0 Å². The van der Waals surface area contributed by atoms with Crippen molar-refractivity contribution in [3.8, 4) is 0 Å². The fourth-order valence-corrected chi connectivity index (χ4v) is 2.27. The van der Waals surface area contributed by atoms with E-state index in [0.29, 0.717) is 11.8 Å². The fourth-order valence-electron chi connectivity index (χ4n) is 2.27. The Bertz CT molecular complexity index is 299. The Morgan fingerprint density at radius 2 is 1.94 bits per heavy atom. The molecule has 0 saturated carbocycles. The van der Waals surface area contributed by atoms with Gasteiger partial charge in [-0.15, -0.1) is 0 Å². The van der Waals surface area contributed by atoms with E-state index >= 15 is 0 Å². The number of urea groups is 1. The summed E-state index contributed by atoms with van der Waals surface area (Å²) in [5, 5.41) is 10.6. The SMILES string of the molecule is CC(C)CCC1(C)C(=N)NC(=O)N1C(C)C. The van der Waals surface area contributed by atoms with Gasteiger partial charge in [-0.05, 0) is 39.5 Å². The highest BCUT2D eigenvalue weighted by Gasteiger charge is 2.47. The number of nitrogens with one attached hydrogen (secondary N) is 2. The molecule has 1 aliphatic heterocycles. The molecule has 0 aromatic rings. The van der Waals surface area contributed by atoms with Crippen LogP contribution in [0.5, 0.6) is 0 Å². The number of nitrogens with zero attached hydrogens (tertiary/aromatic N) is 1. The number of hydrogen-bond acceptors (Lipinski definition) is 2. The monoisotopic (exact) mass is 225 g/mol. The number of carbonyl (C=O) groups excluding carboxylic acids is 1. The summed E-state index contributed by atoms with van der Waals surface area (Å²) in [5.74, 6) is 0.932. The quantitative estimate of drug-likeness (QED) is 0.759. The van der Waals surface area contributed by atoms with Crippen LogP contribution in [0.1, 0.15) is 47.5 Å². The van der Waals surface area contributed by atoms with Gasteiger partial charge in [0.25, 0.3) is 0 Å². The van der Waals surface area contributed by atoms with E-state index in [2.05, 4.69) is 19.2 Å². The van der Waals surface area contributed by atoms with Crippen LogP contribution in [0.25, 0.3) is 0 Å². The maximum atomic E-state index is 11.8. The van der Waals surface area contributed by atoms with Crippen molar-refractivity contribution < 1.29 is 4.79 Å². The molecule has 0 radical (unpaired) electrons. The van der Waals surface area contributed by atoms with Crippen molar-refractivity contribution in [2.24, 2.45) is 5.92 Å². The highest BCUT2D eigenvalue weighted by molar-refractivity contribution is 6.08. The van der Waals surface area contributed by atoms with Crippen LogP contribution < -0.4 is 5.32 Å². The van der Waals surface area contributed by atoms with Crippen molar-refractivity contribution in [2.75, 3.05) is 0 Å². The zero-order chi connectivity index (χ0) is 12.5. The Morgan fingerprint density at radius 3 is 2.38 bits per heavy atom. The minimum absolute atomic E-state index is 0.125. The van der Waals surface area contributed by atoms with Gasteiger partial charge in [0.1, 0.15) is 5.84 Å². The molecule has 0 aromatic heterocycles. The lowest BCUT2D eigenvalue weighted by Gasteiger charge is -2.36. The van der Waals surface area contributed by atoms with E-state index in [-0.39, 0.29) is 12.1 Å². The Balaban J connectivity index is 2.88. The Kier molecular flexibility index (Phi) is 3.61. The van der Waals surface area contributed by atoms with Crippen LogP contribution in [0.4, 0.5) is 4.79 Å². The molecule has 92 valence electrons. The second-order valence-electron chi connectivity index (χ2n) is 5.48. The van der Waals surface area contributed by atoms with Crippen molar-refractivity contribution in [1.82, 2.24) is 10.2 Å². The number of amidine groups is 1. The van der Waals surface area contributed by atoms with Crippen molar-refractivity contribution in [3.63, 3.8) is 0 Å². The number of carbonyl (C=O) groups is 1. The van der Waals surface area contributed by atoms with Crippen LogP contribution in [0.3, 0.4) is 0 Å². The maximum absolute atomic E-state index is 11.8. The van der Waals surface area contributed by atoms with Crippen molar-refractivity contribution >= 4 is 11.9 Å². The van der Waals surface area contributed by atoms with Crippen LogP contribution in [0, 0.1) is 11.3 Å². The van der Waals surface area contributed by atoms with Gasteiger partial charge in [-0.3, -0.25) is 10.7 Å². The predicted molar refractivity (Wildman–Crippen MR) is 65.7 cm³/mol. The van der Waals surface area contributed by atoms with E-state index < -0.39 is 5.54 Å². The molecule has 1 heterocycles. The first-order chi connectivity index (χ1) is 7.29. The summed E-state index contributed by atoms with van der Waals surface area (Å²) in [5.41, 5.74) is -0.449. The van der Waals surface area contributed by atoms with Gasteiger partial charge < -0.3 is 4.90 Å². The fraction of sp³-hybridized carbons (Fsp3) is 0.833. The van der Waals surface area contributed by atoms with Gasteiger partial charge >= 0.3 is 6.03 Å². The Morgan fingerprint density at radius 1 is 1.38 bits per heavy atom. The summed E-state index contributed by atoms with van der Waals surface area (Å²) in [4.78, 5) is 13.5. The van der Waals surface area contributed by atoms with Crippen molar-refractivity contribution in [3.05, 3.63) is 0 Å². The summed E-state index contributed by atoms with van der Waals surface area (Å²) in [7, 11) is 0. The molecule has 0 bridgehead atoms. The number of amides is 2. The van der Waals surface area contributed by atoms with E-state index in [1.165, 1.54) is 0 Å². The number of rotatable bonds is 4. The van der Waals surface area contributed by atoms with Gasteiger partial charge in [0, 0.05) is 6.04 Å². The molecule has 4 nitrogen and oxygen atoms in total. The van der Waals surface area contributed by atoms with Gasteiger partial charge in [-0.25, -0.2) is 4.79 Å². The third kappa shape index (κ3) is 2.20. The second-order valence-corrected chi connectivity index (χ2v) is 5.48. The third-order valence-electron chi connectivity index (χ3n) is 3.25. The summed E-state index contributed by atoms with van der Waals surface area (Å²) < 4.78 is 0. The molecule has 2 amide bonds. The molecule has 2 N–H and O–H groups in total. The minimum Gasteiger partial charge on any atom is -0.310 e. The molecule has 0 spiro atoms. The smallest absolute Gasteiger partial charge is 0.310 e. The molecular weight excluding hydrogens is 202 g/mol. The lowest BCUT2D eigenvalue weighted by atomic mass is 9.89. The molecule has 1 saturated heterocycles. The van der Waals surface area contributed by atoms with E-state index in [1.54, 1.807) is 4.90 Å². The van der Waals surface area contributed by atoms with Crippen LogP contribution in [-0.4, -0.2) is 28.3 Å². The lowest BCUT2D eigenvalue weighted by molar-refractivity contribution is 0.148. The van der Waals surface area contributed by atoms with Crippen LogP contribution in [-0.2, 0) is 0 Å². The zero-order valence-corrected chi connectivity index (χ0v) is 10.9. The molecule has 1 fully saturated rings. The minimum atomic E-state index is -0.449. The topological polar surface area (TPSA) is 56.2 Å². The standard InChI is InChI=1S/C12H23N3O/c1-8(2)6-7-12(5)10(13)14-11(16)15(12)9(3)4/h8-9H,6-7H2,1-5H3,(H2,13,14,16). The highest BCUT2D eigenvalue weighted by Crippen LogP contribution is 2.30. The van der Waals surface area contributed by atoms with E-state index in [0.717, 1.165) is 12.8 Å². The molecule has 16 heavy (non-hydrogen) atoms. The highest BCUT2D eigenvalue weighted by atomic mass is 16.2. The summed E-state index contributed by atoms with van der Waals surface area (Å²) in [6, 6.07) is -0.00808. The second kappa shape index (κ2) is 4.44. The number of hydrogen-bond donors (Lipinski definition) is 2. The van der Waals surface area contributed by atoms with Gasteiger partial charge in [-0.1, -0.05) is 13.8 Å². The summed E-state index contributed by atoms with van der Waals surface area (Å²) in [6.45, 7) is 10.3. The first-order valence-corrected chi connectivity index (χ1v) is 5.98. The van der Waals surface area contributed by atoms with E-state index in [1.807, 2.05) is 20.8 Å². The molecule has 4 heteroatoms. The molecule has 1 unspecified atom stereocenters. The first-order valence-electron chi connectivity index (χ1n) is 5.98. The van der Waals surface area contributed by atoms with E-state index in [4.69, 9.17) is 5.41 Å². The van der Waals surface area contributed by atoms with Crippen LogP contribution in [0.15, 0.2) is 0 Å². The molecular formula is C12H23N3O. The lowest BCUT2D eigenvalue weighted by Crippen LogP contribution is -2.50. The molecule has 1 rings (SSSR count). The van der Waals surface area contributed by atoms with Crippen molar-refractivity contribution in [2.45, 2.75) is 59.0 Å². The normalized spacial score (nSPS) is 25.8. The molecule has 1 atom stereocenters. The Labute approximate surface area is 97.9 Å².